The lowest BCUT2D eigenvalue weighted by Gasteiger charge is -2.28. The molecule has 7 heteroatoms. The van der Waals surface area contributed by atoms with Gasteiger partial charge in [0.25, 0.3) is 5.56 Å². The molecule has 0 amide bonds. The number of carboxylic acids is 1. The van der Waals surface area contributed by atoms with E-state index in [1.807, 2.05) is 13.0 Å². The number of hydrogen-bond acceptors (Lipinski definition) is 4. The van der Waals surface area contributed by atoms with E-state index in [1.54, 1.807) is 0 Å². The van der Waals surface area contributed by atoms with Crippen LogP contribution in [-0.2, 0) is 33.1 Å². The van der Waals surface area contributed by atoms with E-state index in [0.717, 1.165) is 54.8 Å². The van der Waals surface area contributed by atoms with Gasteiger partial charge in [-0.25, -0.2) is 4.79 Å². The number of piperidine rings is 1. The number of likely N-dealkylation sites (tertiary alicyclic amines) is 1. The van der Waals surface area contributed by atoms with E-state index >= 15 is 0 Å². The number of H-pyrrole nitrogens is 1. The van der Waals surface area contributed by atoms with E-state index in [9.17, 15) is 14.7 Å². The van der Waals surface area contributed by atoms with Crippen LogP contribution in [0.15, 0.2) is 95.8 Å². The van der Waals surface area contributed by atoms with Gasteiger partial charge in [0, 0.05) is 62.4 Å². The van der Waals surface area contributed by atoms with Crippen LogP contribution < -0.4 is 5.56 Å². The van der Waals surface area contributed by atoms with Gasteiger partial charge >= 0.3 is 5.97 Å². The highest BCUT2D eigenvalue weighted by Crippen LogP contribution is 2.50. The molecule has 3 atom stereocenters. The zero-order valence-corrected chi connectivity index (χ0v) is 25.2. The molecule has 1 aliphatic heterocycles. The van der Waals surface area contributed by atoms with Crippen molar-refractivity contribution in [3.63, 3.8) is 0 Å². The molecule has 0 unspecified atom stereocenters. The number of aromatic carboxylic acids is 1. The molecule has 0 radical (unpaired) electrons. The van der Waals surface area contributed by atoms with E-state index in [2.05, 4.69) is 105 Å². The van der Waals surface area contributed by atoms with Crippen LogP contribution >= 0.6 is 0 Å². The van der Waals surface area contributed by atoms with Crippen molar-refractivity contribution in [2.45, 2.75) is 39.0 Å². The van der Waals surface area contributed by atoms with Crippen molar-refractivity contribution in [3.05, 3.63) is 129 Å². The zero-order chi connectivity index (χ0) is 30.4. The first-order valence-corrected chi connectivity index (χ1v) is 15.5. The van der Waals surface area contributed by atoms with Gasteiger partial charge in [-0.2, -0.15) is 0 Å². The van der Waals surface area contributed by atoms with E-state index in [0.29, 0.717) is 30.0 Å². The second kappa shape index (κ2) is 11.6. The van der Waals surface area contributed by atoms with Crippen LogP contribution in [0.4, 0.5) is 0 Å². The number of hydrogen-bond donors (Lipinski definition) is 2. The number of aryl methyl sites for hydroxylation is 2. The quantitative estimate of drug-likeness (QED) is 0.212. The fourth-order valence-electron chi connectivity index (χ4n) is 7.37. The van der Waals surface area contributed by atoms with Gasteiger partial charge in [-0.05, 0) is 64.8 Å². The summed E-state index contributed by atoms with van der Waals surface area (Å²) in [4.78, 5) is 32.1. The van der Waals surface area contributed by atoms with E-state index in [-0.39, 0.29) is 5.56 Å². The lowest BCUT2D eigenvalue weighted by atomic mass is 10.0. The van der Waals surface area contributed by atoms with Crippen molar-refractivity contribution in [3.8, 4) is 11.3 Å². The smallest absolute Gasteiger partial charge is 0.341 e. The van der Waals surface area contributed by atoms with Crippen LogP contribution in [0.25, 0.3) is 22.2 Å². The van der Waals surface area contributed by atoms with Crippen molar-refractivity contribution in [2.24, 2.45) is 18.9 Å². The van der Waals surface area contributed by atoms with Gasteiger partial charge in [-0.15, -0.1) is 0 Å². The molecule has 3 heterocycles. The number of carbonyl (C=O) groups is 1. The summed E-state index contributed by atoms with van der Waals surface area (Å²) in [5.74, 6) is 0.185. The number of benzene rings is 3. The first-order chi connectivity index (χ1) is 21.4. The number of fused-ring (bicyclic) bond motifs is 2. The molecule has 2 N–H and O–H groups in total. The maximum Gasteiger partial charge on any atom is 0.341 e. The summed E-state index contributed by atoms with van der Waals surface area (Å²) in [7, 11) is 2.12. The maximum atomic E-state index is 12.5. The summed E-state index contributed by atoms with van der Waals surface area (Å²) < 4.78 is 2.27. The summed E-state index contributed by atoms with van der Waals surface area (Å²) in [6.45, 7) is 7.04. The molecule has 5 aromatic rings. The summed E-state index contributed by atoms with van der Waals surface area (Å²) in [5.41, 5.74) is 6.76. The lowest BCUT2D eigenvalue weighted by molar-refractivity contribution is 0.0695. The predicted octanol–water partition coefficient (Wildman–Crippen LogP) is 5.93. The van der Waals surface area contributed by atoms with Crippen molar-refractivity contribution >= 4 is 16.9 Å². The highest BCUT2D eigenvalue weighted by Gasteiger charge is 2.57. The van der Waals surface area contributed by atoms with Crippen LogP contribution in [0.2, 0.25) is 0 Å². The maximum absolute atomic E-state index is 12.5. The zero-order valence-electron chi connectivity index (χ0n) is 25.2. The lowest BCUT2D eigenvalue weighted by Crippen LogP contribution is -2.34. The highest BCUT2D eigenvalue weighted by atomic mass is 16.4. The number of nitrogens with zero attached hydrogens (tertiary/aromatic N) is 3. The minimum atomic E-state index is -1.21. The molecule has 1 saturated heterocycles. The van der Waals surface area contributed by atoms with Crippen LogP contribution in [-0.4, -0.2) is 49.6 Å². The Morgan fingerprint density at radius 2 is 1.55 bits per heavy atom. The van der Waals surface area contributed by atoms with E-state index in [1.165, 1.54) is 22.9 Å². The Labute approximate surface area is 257 Å². The molecular formula is C37H38N4O3. The molecule has 7 rings (SSSR count). The molecule has 7 nitrogen and oxygen atoms in total. The van der Waals surface area contributed by atoms with Crippen molar-refractivity contribution in [1.29, 1.82) is 0 Å². The molecule has 1 saturated carbocycles. The van der Waals surface area contributed by atoms with Gasteiger partial charge in [-0.1, -0.05) is 73.7 Å². The Hall–Kier alpha value is -4.46. The molecule has 2 aromatic heterocycles. The average molecular weight is 587 g/mol. The van der Waals surface area contributed by atoms with Crippen LogP contribution in [0, 0.1) is 11.8 Å². The number of rotatable bonds is 10. The normalized spacial score (nSPS) is 19.5. The number of aromatic amines is 1. The summed E-state index contributed by atoms with van der Waals surface area (Å²) in [6.07, 6.45) is 0.622. The van der Waals surface area contributed by atoms with Gasteiger partial charge in [-0.3, -0.25) is 14.6 Å². The molecule has 0 spiro atoms. The van der Waals surface area contributed by atoms with Gasteiger partial charge in [0.15, 0.2) is 0 Å². The largest absolute Gasteiger partial charge is 0.477 e. The average Bonchev–Trinajstić information content (AvgIpc) is 3.36. The standard InChI is InChI=1S/C37H38N4O3/c1-3-26-18-30(37(43)44)36(42)38-34(26)27-14-15-33-28(16-27)17-29(39(33)2)21-40-22-31-32(23-40)35(31)41(19-24-10-6-4-7-11-24)20-25-12-8-5-9-13-25/h4-18,31-32,35H,3,19-23H2,1-2H3,(H,38,42)(H,43,44)/t31-,32+,35-. The van der Waals surface area contributed by atoms with Crippen LogP contribution in [0.1, 0.15) is 39.7 Å². The number of pyridine rings is 1. The van der Waals surface area contributed by atoms with Crippen molar-refractivity contribution in [1.82, 2.24) is 19.4 Å². The second-order valence-corrected chi connectivity index (χ2v) is 12.4. The first kappa shape index (κ1) is 28.3. The van der Waals surface area contributed by atoms with Gasteiger partial charge in [0.05, 0.1) is 5.69 Å². The molecule has 2 aliphatic rings. The topological polar surface area (TPSA) is 81.6 Å². The van der Waals surface area contributed by atoms with Gasteiger partial charge in [0.1, 0.15) is 5.56 Å². The third-order valence-electron chi connectivity index (χ3n) is 9.65. The second-order valence-electron chi connectivity index (χ2n) is 12.4. The third-order valence-corrected chi connectivity index (χ3v) is 9.65. The molecule has 44 heavy (non-hydrogen) atoms. The fraction of sp³-hybridized carbons (Fsp3) is 0.297. The van der Waals surface area contributed by atoms with Crippen LogP contribution in [0.3, 0.4) is 0 Å². The molecule has 1 aliphatic carbocycles. The summed E-state index contributed by atoms with van der Waals surface area (Å²) in [5, 5.41) is 10.5. The number of aromatic nitrogens is 2. The Balaban J connectivity index is 1.07. The number of nitrogens with one attached hydrogen (secondary N) is 1. The van der Waals surface area contributed by atoms with E-state index < -0.39 is 11.5 Å². The van der Waals surface area contributed by atoms with Gasteiger partial charge < -0.3 is 14.7 Å². The summed E-state index contributed by atoms with van der Waals surface area (Å²) in [6, 6.07) is 32.2. The van der Waals surface area contributed by atoms with Crippen molar-refractivity contribution in [2.75, 3.05) is 13.1 Å². The fourth-order valence-corrected chi connectivity index (χ4v) is 7.37. The summed E-state index contributed by atoms with van der Waals surface area (Å²) >= 11 is 0. The molecule has 2 fully saturated rings. The third kappa shape index (κ3) is 5.38. The molecule has 3 aromatic carbocycles. The predicted molar refractivity (Wildman–Crippen MR) is 173 cm³/mol. The molecule has 0 bridgehead atoms. The molecular weight excluding hydrogens is 548 g/mol. The Bertz CT molecular complexity index is 1820. The minimum Gasteiger partial charge on any atom is -0.477 e. The Morgan fingerprint density at radius 3 is 2.14 bits per heavy atom. The SMILES string of the molecule is CCc1cc(C(=O)O)c(=O)[nH]c1-c1ccc2c(c1)cc(CN1C[C@@H]3[C@H](C1)[C@@H]3N(Cc1ccccc1)Cc1ccccc1)n2C. The molecule has 224 valence electrons. The Morgan fingerprint density at radius 1 is 0.909 bits per heavy atom. The van der Waals surface area contributed by atoms with Crippen LogP contribution in [0.5, 0.6) is 0 Å². The van der Waals surface area contributed by atoms with E-state index in [4.69, 9.17) is 0 Å². The monoisotopic (exact) mass is 586 g/mol. The number of carboxylic acid groups (broad SMARTS) is 1. The Kier molecular flexibility index (Phi) is 7.44. The van der Waals surface area contributed by atoms with Crippen molar-refractivity contribution < 1.29 is 9.90 Å². The van der Waals surface area contributed by atoms with Gasteiger partial charge in [0.2, 0.25) is 0 Å². The highest BCUT2D eigenvalue weighted by molar-refractivity contribution is 5.89. The first-order valence-electron chi connectivity index (χ1n) is 15.5. The minimum absolute atomic E-state index is 0.220.